The molecule has 2 N–H and O–H groups in total. The molecular formula is C11H12F2N2O2. The number of aromatic hydroxyl groups is 1. The van der Waals surface area contributed by atoms with Gasteiger partial charge in [0.05, 0.1) is 17.6 Å². The third-order valence-electron chi connectivity index (χ3n) is 2.24. The maximum Gasteiger partial charge on any atom is 0.261 e. The molecule has 0 aliphatic carbocycles. The zero-order valence-corrected chi connectivity index (χ0v) is 8.99. The van der Waals surface area contributed by atoms with Gasteiger partial charge >= 0.3 is 0 Å². The highest BCUT2D eigenvalue weighted by atomic mass is 19.3. The van der Waals surface area contributed by atoms with Gasteiger partial charge in [0.15, 0.2) is 0 Å². The van der Waals surface area contributed by atoms with E-state index in [-0.39, 0.29) is 12.4 Å². The molecule has 4 nitrogen and oxygen atoms in total. The molecular weight excluding hydrogens is 230 g/mol. The number of rotatable bonds is 5. The second-order valence-corrected chi connectivity index (χ2v) is 3.60. The first kappa shape index (κ1) is 11.8. The Kier molecular flexibility index (Phi) is 3.53. The summed E-state index contributed by atoms with van der Waals surface area (Å²) >= 11 is 0. The first-order chi connectivity index (χ1) is 8.15. The van der Waals surface area contributed by atoms with Crippen LogP contribution in [-0.2, 0) is 11.2 Å². The van der Waals surface area contributed by atoms with Gasteiger partial charge in [-0.05, 0) is 12.1 Å². The van der Waals surface area contributed by atoms with Crippen molar-refractivity contribution in [1.29, 1.82) is 0 Å². The number of fused-ring (bicyclic) bond motifs is 1. The van der Waals surface area contributed by atoms with Crippen LogP contribution in [0.3, 0.4) is 0 Å². The molecule has 0 fully saturated rings. The number of phenolic OH excluding ortho intramolecular Hbond substituents is 1. The molecule has 1 aromatic heterocycles. The van der Waals surface area contributed by atoms with Crippen LogP contribution in [0.25, 0.3) is 11.0 Å². The van der Waals surface area contributed by atoms with Gasteiger partial charge in [0.25, 0.3) is 6.43 Å². The minimum atomic E-state index is -2.44. The summed E-state index contributed by atoms with van der Waals surface area (Å²) in [7, 11) is 0. The van der Waals surface area contributed by atoms with E-state index < -0.39 is 13.0 Å². The van der Waals surface area contributed by atoms with Crippen LogP contribution in [0, 0.1) is 0 Å². The lowest BCUT2D eigenvalue weighted by molar-refractivity contribution is 0.0183. The van der Waals surface area contributed by atoms with Crippen molar-refractivity contribution in [3.63, 3.8) is 0 Å². The lowest BCUT2D eigenvalue weighted by Crippen LogP contribution is -2.07. The number of imidazole rings is 1. The van der Waals surface area contributed by atoms with Crippen LogP contribution in [0.1, 0.15) is 5.82 Å². The van der Waals surface area contributed by atoms with Crippen LogP contribution in [0.5, 0.6) is 5.75 Å². The standard InChI is InChI=1S/C11H12F2N2O2/c12-10(13)6-17-4-3-11-14-8-2-1-7(16)5-9(8)15-11/h1-2,5,10,16H,3-4,6H2,(H,14,15). The molecule has 0 bridgehead atoms. The van der Waals surface area contributed by atoms with E-state index >= 15 is 0 Å². The number of alkyl halides is 2. The van der Waals surface area contributed by atoms with Crippen molar-refractivity contribution < 1.29 is 18.6 Å². The van der Waals surface area contributed by atoms with E-state index in [1.807, 2.05) is 0 Å². The van der Waals surface area contributed by atoms with Gasteiger partial charge in [-0.25, -0.2) is 13.8 Å². The molecule has 2 aromatic rings. The number of H-pyrrole nitrogens is 1. The summed E-state index contributed by atoms with van der Waals surface area (Å²) < 4.78 is 28.4. The molecule has 0 spiro atoms. The number of hydrogen-bond donors (Lipinski definition) is 2. The topological polar surface area (TPSA) is 58.1 Å². The highest BCUT2D eigenvalue weighted by Crippen LogP contribution is 2.17. The number of benzene rings is 1. The number of nitrogens with zero attached hydrogens (tertiary/aromatic N) is 1. The largest absolute Gasteiger partial charge is 0.508 e. The average molecular weight is 242 g/mol. The summed E-state index contributed by atoms with van der Waals surface area (Å²) in [6, 6.07) is 4.79. The van der Waals surface area contributed by atoms with Crippen molar-refractivity contribution in [3.8, 4) is 5.75 Å². The first-order valence-corrected chi connectivity index (χ1v) is 5.18. The van der Waals surface area contributed by atoms with Crippen molar-refractivity contribution in [2.24, 2.45) is 0 Å². The van der Waals surface area contributed by atoms with E-state index in [0.717, 1.165) is 5.52 Å². The van der Waals surface area contributed by atoms with Gasteiger partial charge in [-0.1, -0.05) is 0 Å². The predicted molar refractivity (Wildman–Crippen MR) is 58.3 cm³/mol. The summed E-state index contributed by atoms with van der Waals surface area (Å²) in [5, 5.41) is 9.26. The maximum atomic E-state index is 11.8. The molecule has 6 heteroatoms. The molecule has 2 rings (SSSR count). The SMILES string of the molecule is Oc1ccc2nc(CCOCC(F)F)[nH]c2c1. The Bertz CT molecular complexity index is 499. The van der Waals surface area contributed by atoms with Gasteiger partial charge in [0.1, 0.15) is 18.2 Å². The quantitative estimate of drug-likeness (QED) is 0.789. The molecule has 1 aromatic carbocycles. The van der Waals surface area contributed by atoms with Gasteiger partial charge in [-0.15, -0.1) is 0 Å². The van der Waals surface area contributed by atoms with Gasteiger partial charge in [-0.2, -0.15) is 0 Å². The minimum Gasteiger partial charge on any atom is -0.508 e. The second-order valence-electron chi connectivity index (χ2n) is 3.60. The molecule has 0 aliphatic heterocycles. The Morgan fingerprint density at radius 2 is 2.24 bits per heavy atom. The lowest BCUT2D eigenvalue weighted by Gasteiger charge is -2.00. The fourth-order valence-corrected chi connectivity index (χ4v) is 1.51. The number of ether oxygens (including phenoxy) is 1. The van der Waals surface area contributed by atoms with Crippen LogP contribution in [0.2, 0.25) is 0 Å². The van der Waals surface area contributed by atoms with Crippen molar-refractivity contribution in [1.82, 2.24) is 9.97 Å². The van der Waals surface area contributed by atoms with Crippen LogP contribution >= 0.6 is 0 Å². The summed E-state index contributed by atoms with van der Waals surface area (Å²) in [4.78, 5) is 7.22. The Labute approximate surface area is 96.2 Å². The zero-order valence-electron chi connectivity index (χ0n) is 8.99. The molecule has 0 atom stereocenters. The average Bonchev–Trinajstić information content (AvgIpc) is 2.66. The first-order valence-electron chi connectivity index (χ1n) is 5.18. The Hall–Kier alpha value is -1.69. The Morgan fingerprint density at radius 3 is 3.00 bits per heavy atom. The van der Waals surface area contributed by atoms with Crippen molar-refractivity contribution in [3.05, 3.63) is 24.0 Å². The molecule has 0 aliphatic rings. The van der Waals surface area contributed by atoms with E-state index in [4.69, 9.17) is 4.74 Å². The van der Waals surface area contributed by atoms with Crippen LogP contribution in [-0.4, -0.2) is 34.7 Å². The third kappa shape index (κ3) is 3.13. The summed E-state index contributed by atoms with van der Waals surface area (Å²) in [6.07, 6.45) is -2.01. The summed E-state index contributed by atoms with van der Waals surface area (Å²) in [6.45, 7) is -0.364. The van der Waals surface area contributed by atoms with E-state index in [1.54, 1.807) is 18.2 Å². The molecule has 1 heterocycles. The Morgan fingerprint density at radius 1 is 1.41 bits per heavy atom. The van der Waals surface area contributed by atoms with Crippen molar-refractivity contribution >= 4 is 11.0 Å². The molecule has 0 saturated heterocycles. The summed E-state index contributed by atoms with van der Waals surface area (Å²) in [5.41, 5.74) is 1.44. The number of aromatic amines is 1. The molecule has 0 saturated carbocycles. The predicted octanol–water partition coefficient (Wildman–Crippen LogP) is 2.09. The maximum absolute atomic E-state index is 11.8. The van der Waals surface area contributed by atoms with E-state index in [2.05, 4.69) is 9.97 Å². The number of nitrogens with one attached hydrogen (secondary N) is 1. The van der Waals surface area contributed by atoms with Crippen molar-refractivity contribution in [2.75, 3.05) is 13.2 Å². The van der Waals surface area contributed by atoms with Gasteiger partial charge in [0, 0.05) is 12.5 Å². The molecule has 0 radical (unpaired) electrons. The fraction of sp³-hybridized carbons (Fsp3) is 0.364. The lowest BCUT2D eigenvalue weighted by atomic mass is 10.3. The highest BCUT2D eigenvalue weighted by molar-refractivity contribution is 5.76. The fourth-order valence-electron chi connectivity index (χ4n) is 1.51. The molecule has 92 valence electrons. The van der Waals surface area contributed by atoms with E-state index in [1.165, 1.54) is 0 Å². The van der Waals surface area contributed by atoms with Gasteiger partial charge < -0.3 is 14.8 Å². The number of aromatic nitrogens is 2. The molecule has 0 unspecified atom stereocenters. The smallest absolute Gasteiger partial charge is 0.261 e. The molecule has 0 amide bonds. The van der Waals surface area contributed by atoms with Crippen molar-refractivity contribution in [2.45, 2.75) is 12.8 Å². The second kappa shape index (κ2) is 5.09. The monoisotopic (exact) mass is 242 g/mol. The Balaban J connectivity index is 1.95. The van der Waals surface area contributed by atoms with Gasteiger partial charge in [-0.3, -0.25) is 0 Å². The number of hydrogen-bond acceptors (Lipinski definition) is 3. The van der Waals surface area contributed by atoms with Crippen LogP contribution < -0.4 is 0 Å². The number of phenols is 1. The third-order valence-corrected chi connectivity index (χ3v) is 2.24. The van der Waals surface area contributed by atoms with Gasteiger partial charge in [0.2, 0.25) is 0 Å². The zero-order chi connectivity index (χ0) is 12.3. The normalized spacial score (nSPS) is 11.5. The van der Waals surface area contributed by atoms with Crippen LogP contribution in [0.4, 0.5) is 8.78 Å². The highest BCUT2D eigenvalue weighted by Gasteiger charge is 2.05. The van der Waals surface area contributed by atoms with E-state index in [0.29, 0.717) is 17.8 Å². The number of halogens is 2. The van der Waals surface area contributed by atoms with E-state index in [9.17, 15) is 13.9 Å². The molecule has 17 heavy (non-hydrogen) atoms. The van der Waals surface area contributed by atoms with Crippen LogP contribution in [0.15, 0.2) is 18.2 Å². The summed E-state index contributed by atoms with van der Waals surface area (Å²) in [5.74, 6) is 0.807. The minimum absolute atomic E-state index is 0.154.